The van der Waals surface area contributed by atoms with Crippen LogP contribution in [0.15, 0.2) is 53.3 Å². The van der Waals surface area contributed by atoms with Crippen molar-refractivity contribution < 1.29 is 14.4 Å². The largest absolute Gasteiger partial charge is 0.337 e. The summed E-state index contributed by atoms with van der Waals surface area (Å²) in [5, 5.41) is 3.81. The van der Waals surface area contributed by atoms with Gasteiger partial charge in [-0.3, -0.25) is 14.4 Å². The van der Waals surface area contributed by atoms with Crippen molar-refractivity contribution in [2.45, 2.75) is 83.3 Å². The van der Waals surface area contributed by atoms with Gasteiger partial charge in [0, 0.05) is 28.7 Å². The van der Waals surface area contributed by atoms with E-state index in [0.29, 0.717) is 28.3 Å². The first-order valence-electron chi connectivity index (χ1n) is 13.8. The fraction of sp³-hybridized carbons (Fsp3) is 0.467. The number of anilines is 1. The Labute approximate surface area is 232 Å². The molecule has 200 valence electrons. The van der Waals surface area contributed by atoms with Gasteiger partial charge in [0.05, 0.1) is 0 Å². The van der Waals surface area contributed by atoms with Crippen LogP contribution in [0.3, 0.4) is 0 Å². The highest BCUT2D eigenvalue weighted by molar-refractivity contribution is 9.10. The molecule has 1 saturated carbocycles. The van der Waals surface area contributed by atoms with Crippen molar-refractivity contribution in [1.29, 1.82) is 0 Å². The molecule has 8 heteroatoms. The van der Waals surface area contributed by atoms with Gasteiger partial charge in [0.2, 0.25) is 11.8 Å². The molecule has 3 atom stereocenters. The first-order chi connectivity index (χ1) is 18.4. The lowest BCUT2D eigenvalue weighted by Gasteiger charge is -2.32. The number of pyridine rings is 1. The van der Waals surface area contributed by atoms with Gasteiger partial charge in [-0.1, -0.05) is 62.8 Å². The number of halogens is 1. The number of hydrogen-bond donors (Lipinski definition) is 1. The summed E-state index contributed by atoms with van der Waals surface area (Å²) in [6, 6.07) is 12.6. The molecule has 2 aromatic heterocycles. The summed E-state index contributed by atoms with van der Waals surface area (Å²) in [6.45, 7) is 1.64. The standard InChI is InChI=1S/C30H35BrN4O3/c1-20(36)23-18-34(25-14-9-8-12-22(23)25)19-29(37)35-24-13-7-5-3-2-4-6-11-21(24)17-26(35)30(38)33-28-16-10-15-27(31)32-28/h8-10,12,14-16,18,21,24,26H,2-7,11,13,17,19H2,1H3,(H,32,33,38). The van der Waals surface area contributed by atoms with Crippen LogP contribution in [0.5, 0.6) is 0 Å². The second-order valence-electron chi connectivity index (χ2n) is 10.7. The third-order valence-electron chi connectivity index (χ3n) is 8.12. The lowest BCUT2D eigenvalue weighted by Crippen LogP contribution is -2.48. The molecule has 2 amide bonds. The minimum Gasteiger partial charge on any atom is -0.337 e. The summed E-state index contributed by atoms with van der Waals surface area (Å²) < 4.78 is 2.51. The van der Waals surface area contributed by atoms with Crippen LogP contribution < -0.4 is 5.32 Å². The number of hydrogen-bond acceptors (Lipinski definition) is 4. The molecular weight excluding hydrogens is 544 g/mol. The molecule has 1 aliphatic carbocycles. The van der Waals surface area contributed by atoms with E-state index < -0.39 is 6.04 Å². The third-order valence-corrected chi connectivity index (χ3v) is 8.56. The number of fused-ring (bicyclic) bond motifs is 2. The van der Waals surface area contributed by atoms with E-state index in [-0.39, 0.29) is 30.2 Å². The van der Waals surface area contributed by atoms with Gasteiger partial charge in [-0.25, -0.2) is 4.98 Å². The Hall–Kier alpha value is -3.00. The third kappa shape index (κ3) is 5.70. The van der Waals surface area contributed by atoms with E-state index in [2.05, 4.69) is 26.2 Å². The summed E-state index contributed by atoms with van der Waals surface area (Å²) in [5.41, 5.74) is 1.47. The van der Waals surface area contributed by atoms with Crippen LogP contribution in [0.25, 0.3) is 10.9 Å². The van der Waals surface area contributed by atoms with Crippen molar-refractivity contribution in [3.05, 3.63) is 58.8 Å². The number of nitrogens with zero attached hydrogens (tertiary/aromatic N) is 3. The zero-order valence-electron chi connectivity index (χ0n) is 21.9. The predicted octanol–water partition coefficient (Wildman–Crippen LogP) is 6.36. The smallest absolute Gasteiger partial charge is 0.248 e. The quantitative estimate of drug-likeness (QED) is 0.282. The number of carbonyl (C=O) groups excluding carboxylic acids is 3. The van der Waals surface area contributed by atoms with Crippen molar-refractivity contribution in [3.63, 3.8) is 0 Å². The summed E-state index contributed by atoms with van der Waals surface area (Å²) in [5.74, 6) is 0.482. The lowest BCUT2D eigenvalue weighted by molar-refractivity contribution is -0.139. The van der Waals surface area contributed by atoms with Gasteiger partial charge in [0.1, 0.15) is 23.0 Å². The Morgan fingerprint density at radius 2 is 1.71 bits per heavy atom. The van der Waals surface area contributed by atoms with Crippen LogP contribution in [0.4, 0.5) is 5.82 Å². The number of amides is 2. The molecule has 7 nitrogen and oxygen atoms in total. The molecule has 38 heavy (non-hydrogen) atoms. The number of aromatic nitrogens is 2. The van der Waals surface area contributed by atoms with Crippen LogP contribution in [0.1, 0.15) is 75.1 Å². The number of benzene rings is 1. The molecule has 3 heterocycles. The molecule has 2 aliphatic rings. The molecule has 5 rings (SSSR count). The van der Waals surface area contributed by atoms with E-state index in [1.165, 1.54) is 19.3 Å². The number of para-hydroxylation sites is 1. The second-order valence-corrected chi connectivity index (χ2v) is 11.5. The van der Waals surface area contributed by atoms with Crippen LogP contribution in [-0.2, 0) is 16.1 Å². The minimum atomic E-state index is -0.548. The van der Waals surface area contributed by atoms with E-state index in [0.717, 1.165) is 43.0 Å². The van der Waals surface area contributed by atoms with E-state index >= 15 is 0 Å². The normalized spacial score (nSPS) is 22.2. The highest BCUT2D eigenvalue weighted by Gasteiger charge is 2.46. The maximum Gasteiger partial charge on any atom is 0.248 e. The average Bonchev–Trinajstić information content (AvgIpc) is 3.45. The van der Waals surface area contributed by atoms with E-state index in [4.69, 9.17) is 0 Å². The number of rotatable bonds is 5. The number of nitrogens with one attached hydrogen (secondary N) is 1. The van der Waals surface area contributed by atoms with Crippen molar-refractivity contribution >= 4 is 50.2 Å². The van der Waals surface area contributed by atoms with Gasteiger partial charge in [-0.2, -0.15) is 0 Å². The van der Waals surface area contributed by atoms with Gasteiger partial charge in [-0.15, -0.1) is 0 Å². The predicted molar refractivity (Wildman–Crippen MR) is 152 cm³/mol. The number of Topliss-reactive ketones (excluding diaryl/α,β-unsaturated/α-hetero) is 1. The zero-order valence-corrected chi connectivity index (χ0v) is 23.5. The maximum atomic E-state index is 14.1. The summed E-state index contributed by atoms with van der Waals surface area (Å²) in [7, 11) is 0. The van der Waals surface area contributed by atoms with Gasteiger partial charge in [0.25, 0.3) is 0 Å². The molecule has 2 fully saturated rings. The Bertz CT molecular complexity index is 1340. The fourth-order valence-corrected chi connectivity index (χ4v) is 6.68. The summed E-state index contributed by atoms with van der Waals surface area (Å²) in [6.07, 6.45) is 11.5. The van der Waals surface area contributed by atoms with Crippen LogP contribution in [0.2, 0.25) is 0 Å². The molecular formula is C30H35BrN4O3. The maximum absolute atomic E-state index is 14.1. The molecule has 3 aromatic rings. The molecule has 1 saturated heterocycles. The van der Waals surface area contributed by atoms with Gasteiger partial charge < -0.3 is 14.8 Å². The van der Waals surface area contributed by atoms with Crippen molar-refractivity contribution in [3.8, 4) is 0 Å². The topological polar surface area (TPSA) is 84.3 Å². The highest BCUT2D eigenvalue weighted by Crippen LogP contribution is 2.38. The molecule has 3 unspecified atom stereocenters. The average molecular weight is 580 g/mol. The van der Waals surface area contributed by atoms with E-state index in [1.54, 1.807) is 19.2 Å². The van der Waals surface area contributed by atoms with Gasteiger partial charge in [-0.05, 0) is 66.2 Å². The van der Waals surface area contributed by atoms with Gasteiger partial charge in [0.15, 0.2) is 5.78 Å². The molecule has 1 aromatic carbocycles. The van der Waals surface area contributed by atoms with Crippen LogP contribution in [0, 0.1) is 5.92 Å². The first kappa shape index (κ1) is 26.6. The Kier molecular flexibility index (Phi) is 8.27. The number of carbonyl (C=O) groups is 3. The van der Waals surface area contributed by atoms with E-state index in [1.807, 2.05) is 45.9 Å². The summed E-state index contributed by atoms with van der Waals surface area (Å²) in [4.78, 5) is 46.3. The Morgan fingerprint density at radius 1 is 0.974 bits per heavy atom. The van der Waals surface area contributed by atoms with Crippen molar-refractivity contribution in [2.24, 2.45) is 5.92 Å². The Morgan fingerprint density at radius 3 is 2.47 bits per heavy atom. The van der Waals surface area contributed by atoms with Gasteiger partial charge >= 0.3 is 0 Å². The van der Waals surface area contributed by atoms with Crippen LogP contribution in [-0.4, -0.2) is 44.1 Å². The van der Waals surface area contributed by atoms with Crippen LogP contribution >= 0.6 is 15.9 Å². The SMILES string of the molecule is CC(=O)c1cn(CC(=O)N2C(C(=O)Nc3cccc(Br)n3)CC3CCCCCCCCC32)c2ccccc12. The minimum absolute atomic E-state index is 0.0280. The molecule has 1 N–H and O–H groups in total. The van der Waals surface area contributed by atoms with E-state index in [9.17, 15) is 14.4 Å². The molecule has 0 radical (unpaired) electrons. The van der Waals surface area contributed by atoms with Crippen molar-refractivity contribution in [1.82, 2.24) is 14.5 Å². The monoisotopic (exact) mass is 578 g/mol. The molecule has 1 aliphatic heterocycles. The summed E-state index contributed by atoms with van der Waals surface area (Å²) >= 11 is 3.37. The highest BCUT2D eigenvalue weighted by atomic mass is 79.9. The number of ketones is 1. The second kappa shape index (κ2) is 11.8. The zero-order chi connectivity index (χ0) is 26.6. The Balaban J connectivity index is 1.45. The fourth-order valence-electron chi connectivity index (χ4n) is 6.33. The lowest BCUT2D eigenvalue weighted by atomic mass is 9.88. The molecule has 0 spiro atoms. The van der Waals surface area contributed by atoms with Crippen molar-refractivity contribution in [2.75, 3.05) is 5.32 Å². The first-order valence-corrected chi connectivity index (χ1v) is 14.5. The molecule has 0 bridgehead atoms. The number of likely N-dealkylation sites (tertiary alicyclic amines) is 1.